The van der Waals surface area contributed by atoms with E-state index < -0.39 is 0 Å². The molecule has 356 valence electrons. The molecule has 0 aliphatic heterocycles. The molecule has 0 radical (unpaired) electrons. The second-order valence-corrected chi connectivity index (χ2v) is 13.0. The zero-order valence-corrected chi connectivity index (χ0v) is 37.0. The van der Waals surface area contributed by atoms with Crippen LogP contribution in [0.1, 0.15) is 58.3 Å². The summed E-state index contributed by atoms with van der Waals surface area (Å²) < 4.78 is 87.5. The van der Waals surface area contributed by atoms with Crippen molar-refractivity contribution in [1.29, 1.82) is 0 Å². The van der Waals surface area contributed by atoms with E-state index in [0.29, 0.717) is 205 Å². The molecule has 1 N–H and O–H groups in total. The quantitative estimate of drug-likeness (QED) is 0.0884. The van der Waals surface area contributed by atoms with E-state index in [1.54, 1.807) is 0 Å². The van der Waals surface area contributed by atoms with E-state index in [-0.39, 0.29) is 6.61 Å². The predicted octanol–water partition coefficient (Wildman–Crippen LogP) is 3.39. The largest absolute Gasteiger partial charge is 0.394 e. The van der Waals surface area contributed by atoms with Crippen LogP contribution in [0.4, 0.5) is 0 Å². The molecule has 0 heterocycles. The third kappa shape index (κ3) is 57.3. The van der Waals surface area contributed by atoms with E-state index in [1.807, 2.05) is 0 Å². The van der Waals surface area contributed by atoms with Crippen LogP contribution in [0.3, 0.4) is 0 Å². The van der Waals surface area contributed by atoms with Gasteiger partial charge in [0.15, 0.2) is 0 Å². The fraction of sp³-hybridized carbons (Fsp3) is 1.00. The van der Waals surface area contributed by atoms with Crippen molar-refractivity contribution in [3.63, 3.8) is 0 Å². The Labute approximate surface area is 356 Å². The molecule has 0 aromatic carbocycles. The summed E-state index contributed by atoms with van der Waals surface area (Å²) in [7, 11) is 0. The van der Waals surface area contributed by atoms with Crippen molar-refractivity contribution >= 4 is 0 Å². The highest BCUT2D eigenvalue weighted by Crippen LogP contribution is 2.08. The monoisotopic (exact) mass is 863 g/mol. The zero-order chi connectivity index (χ0) is 42.3. The van der Waals surface area contributed by atoms with Gasteiger partial charge in [0.05, 0.1) is 211 Å². The first-order valence-corrected chi connectivity index (χ1v) is 22.3. The molecular weight excluding hydrogens is 776 g/mol. The minimum absolute atomic E-state index is 0.0228. The molecule has 0 bridgehead atoms. The lowest BCUT2D eigenvalue weighted by Gasteiger charge is -2.09. The number of aliphatic hydroxyl groups is 1. The maximum atomic E-state index is 8.60. The van der Waals surface area contributed by atoms with Crippen LogP contribution in [0.15, 0.2) is 0 Å². The molecule has 0 aromatic heterocycles. The van der Waals surface area contributed by atoms with Gasteiger partial charge in [0.2, 0.25) is 0 Å². The molecule has 17 nitrogen and oxygen atoms in total. The van der Waals surface area contributed by atoms with E-state index in [1.165, 1.54) is 44.9 Å². The van der Waals surface area contributed by atoms with E-state index in [2.05, 4.69) is 6.92 Å². The summed E-state index contributed by atoms with van der Waals surface area (Å²) in [5.74, 6) is 0. The lowest BCUT2D eigenvalue weighted by atomic mass is 10.1. The first kappa shape index (κ1) is 58.3. The highest BCUT2D eigenvalue weighted by molar-refractivity contribution is 4.46. The van der Waals surface area contributed by atoms with Crippen LogP contribution in [0.5, 0.6) is 0 Å². The Morgan fingerprint density at radius 1 is 0.186 bits per heavy atom. The number of aliphatic hydroxyl groups excluding tert-OH is 1. The van der Waals surface area contributed by atoms with Gasteiger partial charge >= 0.3 is 0 Å². The molecule has 0 atom stereocenters. The van der Waals surface area contributed by atoms with Crippen molar-refractivity contribution in [1.82, 2.24) is 0 Å². The second kappa shape index (κ2) is 57.3. The molecule has 0 fully saturated rings. The summed E-state index contributed by atoms with van der Waals surface area (Å²) in [6, 6.07) is 0. The maximum absolute atomic E-state index is 8.60. The molecule has 17 heteroatoms. The van der Waals surface area contributed by atoms with E-state index in [4.69, 9.17) is 80.9 Å². The van der Waals surface area contributed by atoms with Gasteiger partial charge in [0, 0.05) is 6.61 Å². The standard InChI is InChI=1S/C42H86O17/c1-2-3-4-5-6-7-8-9-11-44-13-15-46-17-19-48-21-23-50-25-27-52-29-31-54-33-35-56-37-39-58-41-42-59-40-38-57-36-34-55-32-30-53-28-26-51-24-22-49-20-18-47-16-14-45-12-10-43/h43H,2-42H2,1H3. The summed E-state index contributed by atoms with van der Waals surface area (Å²) in [6.45, 7) is 18.9. The average molecular weight is 863 g/mol. The van der Waals surface area contributed by atoms with E-state index in [9.17, 15) is 0 Å². The number of ether oxygens (including phenoxy) is 16. The average Bonchev–Trinajstić information content (AvgIpc) is 3.25. The number of unbranched alkanes of at least 4 members (excludes halogenated alkanes) is 7. The highest BCUT2D eigenvalue weighted by Gasteiger charge is 1.98. The molecular formula is C42H86O17. The summed E-state index contributed by atoms with van der Waals surface area (Å²) in [4.78, 5) is 0. The van der Waals surface area contributed by atoms with Gasteiger partial charge in [-0.2, -0.15) is 0 Å². The molecule has 0 amide bonds. The summed E-state index contributed by atoms with van der Waals surface area (Å²) in [5, 5.41) is 8.60. The molecule has 0 aliphatic carbocycles. The molecule has 0 unspecified atom stereocenters. The maximum Gasteiger partial charge on any atom is 0.0701 e. The van der Waals surface area contributed by atoms with Crippen molar-refractivity contribution in [3.05, 3.63) is 0 Å². The number of rotatable bonds is 56. The fourth-order valence-corrected chi connectivity index (χ4v) is 4.80. The predicted molar refractivity (Wildman–Crippen MR) is 223 cm³/mol. The van der Waals surface area contributed by atoms with Crippen LogP contribution in [0.25, 0.3) is 0 Å². The fourth-order valence-electron chi connectivity index (χ4n) is 4.80. The Hall–Kier alpha value is -0.680. The molecule has 0 aromatic rings. The van der Waals surface area contributed by atoms with Crippen molar-refractivity contribution < 1.29 is 80.9 Å². The Morgan fingerprint density at radius 2 is 0.339 bits per heavy atom. The van der Waals surface area contributed by atoms with Crippen LogP contribution in [-0.4, -0.2) is 223 Å². The Morgan fingerprint density at radius 3 is 0.525 bits per heavy atom. The summed E-state index contributed by atoms with van der Waals surface area (Å²) in [6.07, 6.45) is 10.5. The van der Waals surface area contributed by atoms with Gasteiger partial charge in [-0.1, -0.05) is 51.9 Å². The van der Waals surface area contributed by atoms with Crippen LogP contribution in [0, 0.1) is 0 Å². The van der Waals surface area contributed by atoms with Gasteiger partial charge in [0.1, 0.15) is 0 Å². The third-order valence-corrected chi connectivity index (χ3v) is 7.96. The summed E-state index contributed by atoms with van der Waals surface area (Å²) >= 11 is 0. The molecule has 0 rings (SSSR count). The van der Waals surface area contributed by atoms with Crippen molar-refractivity contribution in [2.75, 3.05) is 218 Å². The zero-order valence-electron chi connectivity index (χ0n) is 37.0. The van der Waals surface area contributed by atoms with Crippen molar-refractivity contribution in [2.45, 2.75) is 58.3 Å². The van der Waals surface area contributed by atoms with Gasteiger partial charge in [-0.3, -0.25) is 0 Å². The first-order chi connectivity index (χ1) is 29.4. The topological polar surface area (TPSA) is 168 Å². The molecule has 0 spiro atoms. The Balaban J connectivity index is 3.06. The van der Waals surface area contributed by atoms with Crippen LogP contribution >= 0.6 is 0 Å². The SMILES string of the molecule is CCCCCCCCCCOCCOCCOCCOCCOCCOCCOCCOCCOCCOCCOCCOCCOCCOCCOCCOCCO. The number of hydrogen-bond donors (Lipinski definition) is 1. The summed E-state index contributed by atoms with van der Waals surface area (Å²) in [5.41, 5.74) is 0. The lowest BCUT2D eigenvalue weighted by Crippen LogP contribution is -2.16. The molecule has 0 saturated heterocycles. The third-order valence-electron chi connectivity index (χ3n) is 7.96. The van der Waals surface area contributed by atoms with Crippen molar-refractivity contribution in [2.24, 2.45) is 0 Å². The van der Waals surface area contributed by atoms with Gasteiger partial charge in [-0.05, 0) is 6.42 Å². The minimum Gasteiger partial charge on any atom is -0.394 e. The Bertz CT molecular complexity index is 660. The normalized spacial score (nSPS) is 11.7. The second-order valence-electron chi connectivity index (χ2n) is 13.0. The highest BCUT2D eigenvalue weighted by atomic mass is 16.6. The van der Waals surface area contributed by atoms with E-state index >= 15 is 0 Å². The van der Waals surface area contributed by atoms with Crippen LogP contribution in [0.2, 0.25) is 0 Å². The molecule has 0 aliphatic rings. The smallest absolute Gasteiger partial charge is 0.0701 e. The first-order valence-electron chi connectivity index (χ1n) is 22.3. The lowest BCUT2D eigenvalue weighted by molar-refractivity contribution is -0.0305. The van der Waals surface area contributed by atoms with Crippen LogP contribution < -0.4 is 0 Å². The van der Waals surface area contributed by atoms with Gasteiger partial charge in [0.25, 0.3) is 0 Å². The minimum atomic E-state index is 0.0228. The molecule has 59 heavy (non-hydrogen) atoms. The van der Waals surface area contributed by atoms with Crippen LogP contribution in [-0.2, 0) is 75.8 Å². The number of hydrogen-bond acceptors (Lipinski definition) is 17. The Kier molecular flexibility index (Phi) is 56.7. The molecule has 0 saturated carbocycles. The van der Waals surface area contributed by atoms with E-state index in [0.717, 1.165) is 13.0 Å². The van der Waals surface area contributed by atoms with Gasteiger partial charge in [-0.15, -0.1) is 0 Å². The van der Waals surface area contributed by atoms with Gasteiger partial charge < -0.3 is 80.9 Å². The van der Waals surface area contributed by atoms with Crippen molar-refractivity contribution in [3.8, 4) is 0 Å². The van der Waals surface area contributed by atoms with Gasteiger partial charge in [-0.25, -0.2) is 0 Å².